The minimum absolute atomic E-state index is 0.110. The predicted octanol–water partition coefficient (Wildman–Crippen LogP) is 2.39. The van der Waals surface area contributed by atoms with E-state index in [4.69, 9.17) is 16.4 Å². The molecule has 1 heterocycles. The lowest BCUT2D eigenvalue weighted by molar-refractivity contribution is -0.275. The van der Waals surface area contributed by atoms with Gasteiger partial charge in [0.25, 0.3) is 9.05 Å². The second kappa shape index (κ2) is 5.50. The smallest absolute Gasteiger partial charge is 0.405 e. The van der Waals surface area contributed by atoms with Crippen molar-refractivity contribution >= 4 is 19.7 Å². The van der Waals surface area contributed by atoms with Gasteiger partial charge in [0.2, 0.25) is 0 Å². The topological polar surface area (TPSA) is 82.3 Å². The van der Waals surface area contributed by atoms with Gasteiger partial charge < -0.3 is 10.5 Å². The van der Waals surface area contributed by atoms with E-state index in [1.165, 1.54) is 0 Å². The predicted molar refractivity (Wildman–Crippen MR) is 56.9 cm³/mol. The van der Waals surface area contributed by atoms with Gasteiger partial charge in [-0.15, -0.1) is 13.2 Å². The molecule has 5 nitrogen and oxygen atoms in total. The standard InChI is InChI=1S/C8H5ClF6N2O3S/c9-21(18,19)6-3(2-16)4(20-8(13,14)15)1-5(17-6)7(10,11)12/h1H,2,16H2. The lowest BCUT2D eigenvalue weighted by atomic mass is 10.2. The summed E-state index contributed by atoms with van der Waals surface area (Å²) in [5, 5.41) is -1.44. The molecule has 120 valence electrons. The zero-order valence-corrected chi connectivity index (χ0v) is 11.2. The van der Waals surface area contributed by atoms with Crippen LogP contribution in [0, 0.1) is 0 Å². The largest absolute Gasteiger partial charge is 0.573 e. The SMILES string of the molecule is NCc1c(OC(F)(F)F)cc(C(F)(F)F)nc1S(=O)(=O)Cl. The molecule has 0 unspecified atom stereocenters. The van der Waals surface area contributed by atoms with Crippen molar-refractivity contribution in [1.82, 2.24) is 4.98 Å². The third kappa shape index (κ3) is 4.61. The molecule has 0 aliphatic carbocycles. The first-order valence-electron chi connectivity index (χ1n) is 4.77. The minimum Gasteiger partial charge on any atom is -0.405 e. The lowest BCUT2D eigenvalue weighted by Gasteiger charge is -2.16. The van der Waals surface area contributed by atoms with Crippen LogP contribution < -0.4 is 10.5 Å². The molecule has 0 aromatic carbocycles. The van der Waals surface area contributed by atoms with Crippen molar-refractivity contribution in [3.05, 3.63) is 17.3 Å². The quantitative estimate of drug-likeness (QED) is 0.662. The molecule has 1 rings (SSSR count). The van der Waals surface area contributed by atoms with E-state index in [0.717, 1.165) is 0 Å². The maximum Gasteiger partial charge on any atom is 0.573 e. The van der Waals surface area contributed by atoms with Gasteiger partial charge in [-0.1, -0.05) is 0 Å². The lowest BCUT2D eigenvalue weighted by Crippen LogP contribution is -2.22. The van der Waals surface area contributed by atoms with Gasteiger partial charge >= 0.3 is 12.5 Å². The zero-order valence-electron chi connectivity index (χ0n) is 9.59. The number of ether oxygens (including phenoxy) is 1. The first-order chi connectivity index (χ1) is 9.25. The Bertz CT molecular complexity index is 643. The van der Waals surface area contributed by atoms with E-state index >= 15 is 0 Å². The summed E-state index contributed by atoms with van der Waals surface area (Å²) < 4.78 is 99.8. The van der Waals surface area contributed by atoms with E-state index in [-0.39, 0.29) is 6.07 Å². The highest BCUT2D eigenvalue weighted by Gasteiger charge is 2.39. The molecule has 2 N–H and O–H groups in total. The number of hydrogen-bond donors (Lipinski definition) is 1. The second-order valence-electron chi connectivity index (χ2n) is 3.48. The number of halogens is 7. The Labute approximate surface area is 118 Å². The van der Waals surface area contributed by atoms with Crippen LogP contribution in [0.3, 0.4) is 0 Å². The number of nitrogens with two attached hydrogens (primary N) is 1. The molecule has 0 spiro atoms. The van der Waals surface area contributed by atoms with E-state index < -0.39 is 50.2 Å². The van der Waals surface area contributed by atoms with E-state index in [2.05, 4.69) is 9.72 Å². The van der Waals surface area contributed by atoms with Gasteiger partial charge in [-0.25, -0.2) is 13.4 Å². The number of aromatic nitrogens is 1. The molecule has 21 heavy (non-hydrogen) atoms. The van der Waals surface area contributed by atoms with Gasteiger partial charge in [0.1, 0.15) is 11.4 Å². The van der Waals surface area contributed by atoms with Gasteiger partial charge in [-0.05, 0) is 0 Å². The Morgan fingerprint density at radius 2 is 1.76 bits per heavy atom. The van der Waals surface area contributed by atoms with Crippen LogP contribution in [0.2, 0.25) is 0 Å². The van der Waals surface area contributed by atoms with E-state index in [1.54, 1.807) is 0 Å². The number of hydrogen-bond acceptors (Lipinski definition) is 5. The van der Waals surface area contributed by atoms with Gasteiger partial charge in [0, 0.05) is 28.9 Å². The molecule has 0 aliphatic heterocycles. The number of alkyl halides is 6. The molecule has 0 fully saturated rings. The summed E-state index contributed by atoms with van der Waals surface area (Å²) in [7, 11) is -0.0149. The fourth-order valence-electron chi connectivity index (χ4n) is 1.28. The van der Waals surface area contributed by atoms with Crippen LogP contribution in [0.25, 0.3) is 0 Å². The molecular weight excluding hydrogens is 354 g/mol. The number of rotatable bonds is 3. The highest BCUT2D eigenvalue weighted by molar-refractivity contribution is 8.13. The molecule has 0 bridgehead atoms. The average molecular weight is 359 g/mol. The summed E-state index contributed by atoms with van der Waals surface area (Å²) >= 11 is 0. The van der Waals surface area contributed by atoms with Crippen LogP contribution in [0.4, 0.5) is 26.3 Å². The third-order valence-corrected chi connectivity index (χ3v) is 3.23. The van der Waals surface area contributed by atoms with Gasteiger partial charge in [-0.3, -0.25) is 0 Å². The summed E-state index contributed by atoms with van der Waals surface area (Å²) in [5.41, 5.74) is 2.20. The minimum atomic E-state index is -5.36. The molecule has 1 aromatic rings. The molecule has 0 saturated heterocycles. The van der Waals surface area contributed by atoms with Crippen LogP contribution in [-0.4, -0.2) is 19.8 Å². The van der Waals surface area contributed by atoms with Crippen molar-refractivity contribution in [2.24, 2.45) is 5.73 Å². The first-order valence-corrected chi connectivity index (χ1v) is 7.08. The van der Waals surface area contributed by atoms with Crippen molar-refractivity contribution in [3.8, 4) is 5.75 Å². The van der Waals surface area contributed by atoms with Gasteiger partial charge in [-0.2, -0.15) is 13.2 Å². The van der Waals surface area contributed by atoms with Gasteiger partial charge in [0.15, 0.2) is 5.03 Å². The van der Waals surface area contributed by atoms with Crippen LogP contribution >= 0.6 is 10.7 Å². The summed E-state index contributed by atoms with van der Waals surface area (Å²) in [5.74, 6) is -1.44. The Balaban J connectivity index is 3.68. The molecular formula is C8H5ClF6N2O3S. The highest BCUT2D eigenvalue weighted by atomic mass is 35.7. The van der Waals surface area contributed by atoms with Crippen molar-refractivity contribution in [3.63, 3.8) is 0 Å². The Kier molecular flexibility index (Phi) is 4.65. The maximum absolute atomic E-state index is 12.5. The molecule has 0 saturated carbocycles. The fourth-order valence-corrected chi connectivity index (χ4v) is 2.34. The molecule has 1 aromatic heterocycles. The van der Waals surface area contributed by atoms with Crippen LogP contribution in [-0.2, 0) is 21.8 Å². The van der Waals surface area contributed by atoms with Crippen molar-refractivity contribution in [2.75, 3.05) is 0 Å². The Morgan fingerprint density at radius 1 is 1.24 bits per heavy atom. The Morgan fingerprint density at radius 3 is 2.10 bits per heavy atom. The molecule has 0 radical (unpaired) electrons. The fraction of sp³-hybridized carbons (Fsp3) is 0.375. The summed E-state index contributed by atoms with van der Waals surface area (Å²) in [6, 6.07) is -0.110. The summed E-state index contributed by atoms with van der Waals surface area (Å²) in [4.78, 5) is 2.70. The summed E-state index contributed by atoms with van der Waals surface area (Å²) in [6.45, 7) is -0.891. The van der Waals surface area contributed by atoms with Crippen molar-refractivity contribution in [2.45, 2.75) is 24.1 Å². The maximum atomic E-state index is 12.5. The third-order valence-electron chi connectivity index (χ3n) is 2.00. The highest BCUT2D eigenvalue weighted by Crippen LogP contribution is 2.37. The van der Waals surface area contributed by atoms with Crippen molar-refractivity contribution < 1.29 is 39.5 Å². The van der Waals surface area contributed by atoms with Crippen LogP contribution in [0.5, 0.6) is 5.75 Å². The number of pyridine rings is 1. The molecule has 0 amide bonds. The number of nitrogens with zero attached hydrogens (tertiary/aromatic N) is 1. The van der Waals surface area contributed by atoms with Crippen LogP contribution in [0.1, 0.15) is 11.3 Å². The Hall–Kier alpha value is -1.27. The first kappa shape index (κ1) is 17.8. The van der Waals surface area contributed by atoms with Crippen LogP contribution in [0.15, 0.2) is 11.1 Å². The normalized spacial score (nSPS) is 13.3. The summed E-state index contributed by atoms with van der Waals surface area (Å²) in [6.07, 6.45) is -10.6. The monoisotopic (exact) mass is 358 g/mol. The zero-order chi connectivity index (χ0) is 16.6. The average Bonchev–Trinajstić information content (AvgIpc) is 2.23. The molecule has 0 atom stereocenters. The molecule has 0 aliphatic rings. The van der Waals surface area contributed by atoms with E-state index in [1.807, 2.05) is 0 Å². The molecule has 13 heteroatoms. The van der Waals surface area contributed by atoms with Gasteiger partial charge in [0.05, 0.1) is 0 Å². The van der Waals surface area contributed by atoms with Crippen molar-refractivity contribution in [1.29, 1.82) is 0 Å². The second-order valence-corrected chi connectivity index (χ2v) is 5.96. The van der Waals surface area contributed by atoms with E-state index in [0.29, 0.717) is 0 Å². The van der Waals surface area contributed by atoms with E-state index in [9.17, 15) is 34.8 Å².